The van der Waals surface area contributed by atoms with E-state index in [1.165, 1.54) is 11.7 Å². The molecule has 2 heterocycles. The summed E-state index contributed by atoms with van der Waals surface area (Å²) in [6.45, 7) is 0.865. The smallest absolute Gasteiger partial charge is 0.330 e. The number of hydrogen-bond acceptors (Lipinski definition) is 6. The average Bonchev–Trinajstić information content (AvgIpc) is 2.74. The van der Waals surface area contributed by atoms with Crippen molar-refractivity contribution in [3.8, 4) is 0 Å². The third-order valence-corrected chi connectivity index (χ3v) is 2.93. The lowest BCUT2D eigenvalue weighted by Gasteiger charge is -2.04. The highest BCUT2D eigenvalue weighted by Crippen LogP contribution is 2.13. The highest BCUT2D eigenvalue weighted by Gasteiger charge is 2.15. The molecule has 9 heteroatoms. The summed E-state index contributed by atoms with van der Waals surface area (Å²) in [5.74, 6) is 0.413. The van der Waals surface area contributed by atoms with Gasteiger partial charge >= 0.3 is 5.69 Å². The fraction of sp³-hybridized carbons (Fsp3) is 0.545. The third kappa shape index (κ3) is 2.45. The van der Waals surface area contributed by atoms with Gasteiger partial charge in [-0.3, -0.25) is 14.3 Å². The van der Waals surface area contributed by atoms with Gasteiger partial charge in [-0.25, -0.2) is 4.79 Å². The minimum Gasteiger partial charge on any atom is -0.395 e. The van der Waals surface area contributed by atoms with Crippen LogP contribution in [0.1, 0.15) is 0 Å². The average molecular weight is 283 g/mol. The number of H-pyrrole nitrogens is 1. The van der Waals surface area contributed by atoms with Gasteiger partial charge in [0.2, 0.25) is 5.95 Å². The molecule has 9 nitrogen and oxygen atoms in total. The summed E-state index contributed by atoms with van der Waals surface area (Å²) in [5.41, 5.74) is -0.433. The van der Waals surface area contributed by atoms with Crippen LogP contribution in [0.4, 0.5) is 5.95 Å². The van der Waals surface area contributed by atoms with Crippen LogP contribution in [0.2, 0.25) is 0 Å². The molecule has 0 saturated heterocycles. The Morgan fingerprint density at radius 3 is 2.85 bits per heavy atom. The topological polar surface area (TPSA) is 114 Å². The Hall–Kier alpha value is -2.13. The zero-order chi connectivity index (χ0) is 14.7. The van der Waals surface area contributed by atoms with Crippen molar-refractivity contribution in [2.75, 3.05) is 32.2 Å². The van der Waals surface area contributed by atoms with Crippen LogP contribution in [0.15, 0.2) is 9.59 Å². The van der Waals surface area contributed by atoms with Gasteiger partial charge in [0.05, 0.1) is 19.8 Å². The number of ether oxygens (including phenoxy) is 1. The first kappa shape index (κ1) is 14.3. The second-order valence-electron chi connectivity index (χ2n) is 4.22. The summed E-state index contributed by atoms with van der Waals surface area (Å²) in [6.07, 6.45) is 0. The number of rotatable bonds is 6. The second-order valence-corrected chi connectivity index (χ2v) is 4.22. The van der Waals surface area contributed by atoms with E-state index < -0.39 is 11.2 Å². The zero-order valence-corrected chi connectivity index (χ0v) is 11.3. The molecular formula is C11H17N5O4. The number of fused-ring (bicyclic) bond motifs is 1. The first-order valence-electron chi connectivity index (χ1n) is 6.13. The largest absolute Gasteiger partial charge is 0.395 e. The molecule has 0 amide bonds. The molecule has 0 saturated carbocycles. The van der Waals surface area contributed by atoms with Gasteiger partial charge in [0.15, 0.2) is 11.2 Å². The van der Waals surface area contributed by atoms with E-state index in [0.717, 1.165) is 0 Å². The van der Waals surface area contributed by atoms with Crippen molar-refractivity contribution in [3.63, 3.8) is 0 Å². The minimum atomic E-state index is -0.522. The molecular weight excluding hydrogens is 266 g/mol. The van der Waals surface area contributed by atoms with E-state index in [1.54, 1.807) is 11.6 Å². The van der Waals surface area contributed by atoms with E-state index in [1.807, 2.05) is 0 Å². The molecule has 3 N–H and O–H groups in total. The number of anilines is 1. The first-order valence-corrected chi connectivity index (χ1v) is 6.13. The van der Waals surface area contributed by atoms with Gasteiger partial charge < -0.3 is 19.7 Å². The molecule has 0 bridgehead atoms. The number of aryl methyl sites for hydroxylation is 1. The standard InChI is InChI=1S/C11H17N5O4/c1-15-7-8(13-10(15)12-3-5-17)16(4-6-20-2)11(19)14-9(7)18/h17H,3-6H2,1-2H3,(H,12,13)(H,14,18,19). The number of nitrogens with zero attached hydrogens (tertiary/aromatic N) is 3. The molecule has 0 fully saturated rings. The van der Waals surface area contributed by atoms with Crippen LogP contribution in [-0.4, -0.2) is 51.1 Å². The Bertz CT molecular complexity index is 714. The Kier molecular flexibility index (Phi) is 4.20. The Labute approximate surface area is 113 Å². The Morgan fingerprint density at radius 1 is 1.45 bits per heavy atom. The molecule has 0 aliphatic heterocycles. The van der Waals surface area contributed by atoms with Gasteiger partial charge in [0, 0.05) is 20.7 Å². The SMILES string of the molecule is COCCn1c(=O)[nH]c(=O)c2c1nc(NCCO)n2C. The van der Waals surface area contributed by atoms with E-state index in [-0.39, 0.29) is 6.61 Å². The van der Waals surface area contributed by atoms with E-state index in [2.05, 4.69) is 15.3 Å². The predicted molar refractivity (Wildman–Crippen MR) is 73.0 cm³/mol. The van der Waals surface area contributed by atoms with Crippen molar-refractivity contribution >= 4 is 17.1 Å². The zero-order valence-electron chi connectivity index (χ0n) is 11.3. The molecule has 110 valence electrons. The maximum atomic E-state index is 11.9. The van der Waals surface area contributed by atoms with Crippen LogP contribution in [0.25, 0.3) is 11.2 Å². The van der Waals surface area contributed by atoms with Crippen LogP contribution in [-0.2, 0) is 18.3 Å². The number of hydrogen-bond donors (Lipinski definition) is 3. The highest BCUT2D eigenvalue weighted by atomic mass is 16.5. The number of imidazole rings is 1. The van der Waals surface area contributed by atoms with Crippen molar-refractivity contribution < 1.29 is 9.84 Å². The maximum Gasteiger partial charge on any atom is 0.330 e. The van der Waals surface area contributed by atoms with Gasteiger partial charge in [0.1, 0.15) is 0 Å². The van der Waals surface area contributed by atoms with Crippen LogP contribution in [0, 0.1) is 0 Å². The summed E-state index contributed by atoms with van der Waals surface area (Å²) in [6, 6.07) is 0. The summed E-state index contributed by atoms with van der Waals surface area (Å²) in [4.78, 5) is 30.2. The normalized spacial score (nSPS) is 11.2. The first-order chi connectivity index (χ1) is 9.60. The van der Waals surface area contributed by atoms with Crippen molar-refractivity contribution in [1.82, 2.24) is 19.1 Å². The predicted octanol–water partition coefficient (Wildman–Crippen LogP) is -1.53. The lowest BCUT2D eigenvalue weighted by molar-refractivity contribution is 0.187. The minimum absolute atomic E-state index is 0.0595. The number of aromatic nitrogens is 4. The van der Waals surface area contributed by atoms with Gasteiger partial charge in [-0.1, -0.05) is 0 Å². The molecule has 0 aliphatic rings. The number of methoxy groups -OCH3 is 1. The summed E-state index contributed by atoms with van der Waals surface area (Å²) >= 11 is 0. The molecule has 2 aromatic rings. The van der Waals surface area contributed by atoms with Crippen LogP contribution >= 0.6 is 0 Å². The van der Waals surface area contributed by atoms with Crippen LogP contribution in [0.5, 0.6) is 0 Å². The van der Waals surface area contributed by atoms with Gasteiger partial charge in [-0.2, -0.15) is 4.98 Å². The number of aliphatic hydroxyl groups is 1. The van der Waals surface area contributed by atoms with Gasteiger partial charge in [-0.15, -0.1) is 0 Å². The maximum absolute atomic E-state index is 11.9. The van der Waals surface area contributed by atoms with Gasteiger partial charge in [0.25, 0.3) is 5.56 Å². The van der Waals surface area contributed by atoms with Crippen molar-refractivity contribution in [1.29, 1.82) is 0 Å². The molecule has 2 aromatic heterocycles. The summed E-state index contributed by atoms with van der Waals surface area (Å²) in [7, 11) is 3.19. The second kappa shape index (κ2) is 5.88. The summed E-state index contributed by atoms with van der Waals surface area (Å²) < 4.78 is 7.85. The van der Waals surface area contributed by atoms with E-state index >= 15 is 0 Å². The van der Waals surface area contributed by atoms with Crippen molar-refractivity contribution in [3.05, 3.63) is 20.8 Å². The quantitative estimate of drug-likeness (QED) is 0.593. The molecule has 0 aromatic carbocycles. The van der Waals surface area contributed by atoms with Crippen molar-refractivity contribution in [2.24, 2.45) is 7.05 Å². The van der Waals surface area contributed by atoms with E-state index in [4.69, 9.17) is 9.84 Å². The van der Waals surface area contributed by atoms with Crippen LogP contribution < -0.4 is 16.6 Å². The molecule has 0 unspecified atom stereocenters. The molecule has 2 rings (SSSR count). The van der Waals surface area contributed by atoms with Crippen LogP contribution in [0.3, 0.4) is 0 Å². The number of nitrogens with one attached hydrogen (secondary N) is 2. The Balaban J connectivity index is 2.62. The highest BCUT2D eigenvalue weighted by molar-refractivity contribution is 5.73. The van der Waals surface area contributed by atoms with Gasteiger partial charge in [-0.05, 0) is 0 Å². The molecule has 0 aliphatic carbocycles. The molecule has 0 spiro atoms. The molecule has 0 radical (unpaired) electrons. The van der Waals surface area contributed by atoms with E-state index in [0.29, 0.717) is 36.8 Å². The lowest BCUT2D eigenvalue weighted by atomic mass is 10.5. The van der Waals surface area contributed by atoms with E-state index in [9.17, 15) is 9.59 Å². The number of aliphatic hydroxyl groups excluding tert-OH is 1. The monoisotopic (exact) mass is 283 g/mol. The van der Waals surface area contributed by atoms with Crippen molar-refractivity contribution in [2.45, 2.75) is 6.54 Å². The number of aromatic amines is 1. The third-order valence-electron chi connectivity index (χ3n) is 2.93. The molecule has 20 heavy (non-hydrogen) atoms. The lowest BCUT2D eigenvalue weighted by Crippen LogP contribution is -2.32. The fourth-order valence-electron chi connectivity index (χ4n) is 1.96. The Morgan fingerprint density at radius 2 is 2.20 bits per heavy atom. The molecule has 0 atom stereocenters. The fourth-order valence-corrected chi connectivity index (χ4v) is 1.96. The summed E-state index contributed by atoms with van der Waals surface area (Å²) in [5, 5.41) is 11.7.